The normalized spacial score (nSPS) is 20.7. The fourth-order valence-electron chi connectivity index (χ4n) is 1.98. The molecular weight excluding hydrogens is 302 g/mol. The smallest absolute Gasteiger partial charge is 0.186 e. The molecule has 1 saturated heterocycles. The van der Waals surface area contributed by atoms with Gasteiger partial charge in [0.15, 0.2) is 15.0 Å². The van der Waals surface area contributed by atoms with Crippen LogP contribution in [0.5, 0.6) is 0 Å². The van der Waals surface area contributed by atoms with E-state index in [-0.39, 0.29) is 5.75 Å². The van der Waals surface area contributed by atoms with Crippen LogP contribution < -0.4 is 10.2 Å². The van der Waals surface area contributed by atoms with E-state index >= 15 is 0 Å². The Morgan fingerprint density at radius 2 is 2.37 bits per heavy atom. The van der Waals surface area contributed by atoms with Crippen molar-refractivity contribution in [1.82, 2.24) is 10.3 Å². The Hall–Kier alpha value is -0.310. The van der Waals surface area contributed by atoms with Gasteiger partial charge in [0.05, 0.1) is 5.69 Å². The molecule has 8 heteroatoms. The van der Waals surface area contributed by atoms with Crippen molar-refractivity contribution >= 4 is 38.1 Å². The van der Waals surface area contributed by atoms with E-state index in [0.717, 1.165) is 23.1 Å². The lowest BCUT2D eigenvalue weighted by molar-refractivity contribution is 0.579. The molecule has 1 fully saturated rings. The second-order valence-corrected chi connectivity index (χ2v) is 8.76. The zero-order chi connectivity index (χ0) is 13.9. The summed E-state index contributed by atoms with van der Waals surface area (Å²) in [5.74, 6) is 1.78. The van der Waals surface area contributed by atoms with E-state index in [2.05, 4.69) is 10.3 Å². The van der Waals surface area contributed by atoms with Gasteiger partial charge >= 0.3 is 0 Å². The Morgan fingerprint density at radius 1 is 1.58 bits per heavy atom. The van der Waals surface area contributed by atoms with E-state index in [0.29, 0.717) is 12.3 Å². The van der Waals surface area contributed by atoms with Crippen molar-refractivity contribution in [3.05, 3.63) is 11.1 Å². The van der Waals surface area contributed by atoms with Gasteiger partial charge in [-0.3, -0.25) is 0 Å². The third-order valence-electron chi connectivity index (χ3n) is 3.04. The number of anilines is 1. The molecule has 0 aromatic carbocycles. The van der Waals surface area contributed by atoms with Gasteiger partial charge in [0.2, 0.25) is 0 Å². The molecule has 1 aliphatic heterocycles. The maximum absolute atomic E-state index is 12.2. The number of hydrogen-bond acceptors (Lipinski definition) is 7. The molecule has 1 unspecified atom stereocenters. The van der Waals surface area contributed by atoms with Gasteiger partial charge in [-0.2, -0.15) is 11.8 Å². The summed E-state index contributed by atoms with van der Waals surface area (Å²) < 4.78 is 24.4. The molecule has 1 aromatic rings. The van der Waals surface area contributed by atoms with Crippen molar-refractivity contribution in [3.63, 3.8) is 0 Å². The molecule has 2 heterocycles. The highest BCUT2D eigenvalue weighted by Crippen LogP contribution is 2.29. The summed E-state index contributed by atoms with van der Waals surface area (Å²) in [6.07, 6.45) is 0. The molecule has 0 spiro atoms. The number of nitrogens with one attached hydrogen (secondary N) is 1. The molecule has 0 aliphatic carbocycles. The third-order valence-corrected chi connectivity index (χ3v) is 7.26. The molecule has 0 bridgehead atoms. The maximum Gasteiger partial charge on any atom is 0.186 e. The highest BCUT2D eigenvalue weighted by atomic mass is 32.2. The largest absolute Gasteiger partial charge is 0.329 e. The van der Waals surface area contributed by atoms with Crippen molar-refractivity contribution in [2.45, 2.75) is 18.8 Å². The van der Waals surface area contributed by atoms with Crippen LogP contribution in [0.3, 0.4) is 0 Å². The molecule has 5 nitrogen and oxygen atoms in total. The van der Waals surface area contributed by atoms with Crippen molar-refractivity contribution in [1.29, 1.82) is 0 Å². The summed E-state index contributed by atoms with van der Waals surface area (Å²) >= 11 is 3.23. The zero-order valence-corrected chi connectivity index (χ0v) is 13.6. The molecule has 1 aromatic heterocycles. The monoisotopic (exact) mass is 321 g/mol. The highest BCUT2D eigenvalue weighted by Gasteiger charge is 2.34. The van der Waals surface area contributed by atoms with Gasteiger partial charge in [0, 0.05) is 35.7 Å². The Balaban J connectivity index is 2.23. The summed E-state index contributed by atoms with van der Waals surface area (Å²) in [6, 6.07) is 0. The average molecular weight is 321 g/mol. The van der Waals surface area contributed by atoms with E-state index in [4.69, 9.17) is 0 Å². The lowest BCUT2D eigenvalue weighted by Gasteiger charge is -2.34. The van der Waals surface area contributed by atoms with Crippen molar-refractivity contribution in [2.24, 2.45) is 0 Å². The average Bonchev–Trinajstić information content (AvgIpc) is 2.88. The Labute approximate surface area is 122 Å². The van der Waals surface area contributed by atoms with Gasteiger partial charge in [-0.05, 0) is 7.05 Å². The Bertz CT molecular complexity index is 515. The van der Waals surface area contributed by atoms with E-state index in [1.807, 2.05) is 17.3 Å². The number of sulfone groups is 1. The van der Waals surface area contributed by atoms with Gasteiger partial charge in [-0.15, -0.1) is 11.3 Å². The first-order valence-electron chi connectivity index (χ1n) is 6.23. The maximum atomic E-state index is 12.2. The molecule has 0 radical (unpaired) electrons. The van der Waals surface area contributed by atoms with Crippen molar-refractivity contribution in [2.75, 3.05) is 35.8 Å². The number of thioether (sulfide) groups is 1. The standard InChI is InChI=1S/C11H19N3O2S3/c1-3-19(15,16)10-8-17-5-4-14(10)11-13-9(6-12-2)7-18-11/h7,10,12H,3-6,8H2,1-2H3. The molecule has 108 valence electrons. The number of thiazole rings is 1. The summed E-state index contributed by atoms with van der Waals surface area (Å²) in [4.78, 5) is 6.49. The van der Waals surface area contributed by atoms with Crippen LogP contribution in [0.25, 0.3) is 0 Å². The minimum atomic E-state index is -3.07. The van der Waals surface area contributed by atoms with Crippen molar-refractivity contribution in [3.8, 4) is 0 Å². The minimum Gasteiger partial charge on any atom is -0.329 e. The van der Waals surface area contributed by atoms with Crippen molar-refractivity contribution < 1.29 is 8.42 Å². The summed E-state index contributed by atoms with van der Waals surface area (Å²) in [7, 11) is -1.19. The van der Waals surface area contributed by atoms with Crippen LogP contribution in [0, 0.1) is 0 Å². The SMILES string of the molecule is CCS(=O)(=O)C1CSCCN1c1nc(CNC)cs1. The summed E-state index contributed by atoms with van der Waals surface area (Å²) in [5, 5.41) is 5.45. The molecule has 1 aliphatic rings. The number of rotatable bonds is 5. The molecule has 19 heavy (non-hydrogen) atoms. The van der Waals surface area contributed by atoms with Crippen LogP contribution >= 0.6 is 23.1 Å². The third kappa shape index (κ3) is 3.42. The summed E-state index contributed by atoms with van der Waals surface area (Å²) in [6.45, 7) is 3.17. The molecule has 0 amide bonds. The lowest BCUT2D eigenvalue weighted by Crippen LogP contribution is -2.48. The minimum absolute atomic E-state index is 0.184. The molecule has 1 N–H and O–H groups in total. The van der Waals surface area contributed by atoms with Crippen LogP contribution in [-0.2, 0) is 16.4 Å². The van der Waals surface area contributed by atoms with E-state index in [9.17, 15) is 8.42 Å². The quantitative estimate of drug-likeness (QED) is 0.878. The number of aromatic nitrogens is 1. The van der Waals surface area contributed by atoms with Crippen LogP contribution in [-0.4, -0.2) is 49.6 Å². The Kier molecular flexibility index (Phi) is 5.10. The van der Waals surface area contributed by atoms with Crippen LogP contribution in [0.4, 0.5) is 5.13 Å². The Morgan fingerprint density at radius 3 is 3.05 bits per heavy atom. The van der Waals surface area contributed by atoms with Crippen LogP contribution in [0.2, 0.25) is 0 Å². The fraction of sp³-hybridized carbons (Fsp3) is 0.727. The van der Waals surface area contributed by atoms with E-state index in [1.165, 1.54) is 11.3 Å². The first kappa shape index (κ1) is 15.1. The lowest BCUT2D eigenvalue weighted by atomic mass is 10.5. The first-order chi connectivity index (χ1) is 9.08. The predicted molar refractivity (Wildman–Crippen MR) is 82.8 cm³/mol. The fourth-order valence-corrected chi connectivity index (χ4v) is 5.92. The van der Waals surface area contributed by atoms with Gasteiger partial charge < -0.3 is 10.2 Å². The highest BCUT2D eigenvalue weighted by molar-refractivity contribution is 8.01. The summed E-state index contributed by atoms with van der Waals surface area (Å²) in [5.41, 5.74) is 0.966. The van der Waals surface area contributed by atoms with Gasteiger partial charge in [-0.25, -0.2) is 13.4 Å². The first-order valence-corrected chi connectivity index (χ1v) is 9.98. The number of nitrogens with zero attached hydrogens (tertiary/aromatic N) is 2. The molecule has 1 atom stereocenters. The van der Waals surface area contributed by atoms with E-state index in [1.54, 1.807) is 18.7 Å². The van der Waals surface area contributed by atoms with Gasteiger partial charge in [-0.1, -0.05) is 6.92 Å². The number of hydrogen-bond donors (Lipinski definition) is 1. The molecule has 2 rings (SSSR count). The zero-order valence-electron chi connectivity index (χ0n) is 11.1. The van der Waals surface area contributed by atoms with E-state index < -0.39 is 15.2 Å². The molecule has 0 saturated carbocycles. The second kappa shape index (κ2) is 6.43. The van der Waals surface area contributed by atoms with Crippen LogP contribution in [0.15, 0.2) is 5.38 Å². The predicted octanol–water partition coefficient (Wildman–Crippen LogP) is 1.18. The van der Waals surface area contributed by atoms with Gasteiger partial charge in [0.1, 0.15) is 5.37 Å². The van der Waals surface area contributed by atoms with Gasteiger partial charge in [0.25, 0.3) is 0 Å². The second-order valence-electron chi connectivity index (χ2n) is 4.33. The van der Waals surface area contributed by atoms with Crippen LogP contribution in [0.1, 0.15) is 12.6 Å². The topological polar surface area (TPSA) is 62.3 Å². The molecular formula is C11H19N3O2S3.